The minimum Gasteiger partial charge on any atom is -0.433 e. The van der Waals surface area contributed by atoms with Gasteiger partial charge >= 0.3 is 6.11 Å². The van der Waals surface area contributed by atoms with E-state index in [1.807, 2.05) is 11.3 Å². The quantitative estimate of drug-likeness (QED) is 0.744. The molecule has 108 valence electrons. The highest BCUT2D eigenvalue weighted by atomic mass is 19.3. The molecule has 0 aliphatic rings. The van der Waals surface area contributed by atoms with Crippen LogP contribution >= 0.6 is 0 Å². The highest BCUT2D eigenvalue weighted by Gasteiger charge is 2.22. The van der Waals surface area contributed by atoms with Gasteiger partial charge in [-0.1, -0.05) is 0 Å². The molecule has 2 aromatic heterocycles. The van der Waals surface area contributed by atoms with Gasteiger partial charge in [-0.25, -0.2) is 0 Å². The van der Waals surface area contributed by atoms with E-state index in [0.717, 1.165) is 11.4 Å². The molecule has 0 fully saturated rings. The molecule has 0 saturated heterocycles. The van der Waals surface area contributed by atoms with Crippen LogP contribution in [-0.2, 0) is 0 Å². The van der Waals surface area contributed by atoms with Gasteiger partial charge in [0.1, 0.15) is 11.6 Å². The van der Waals surface area contributed by atoms with Gasteiger partial charge in [-0.15, -0.1) is 10.2 Å². The van der Waals surface area contributed by atoms with E-state index in [4.69, 9.17) is 0 Å². The van der Waals surface area contributed by atoms with E-state index in [0.29, 0.717) is 18.3 Å². The van der Waals surface area contributed by atoms with Crippen LogP contribution in [0.2, 0.25) is 0 Å². The predicted octanol–water partition coefficient (Wildman–Crippen LogP) is 3.09. The molecular formula is C14H12F2N4O. The summed E-state index contributed by atoms with van der Waals surface area (Å²) < 4.78 is 31.8. The summed E-state index contributed by atoms with van der Waals surface area (Å²) in [6, 6.07) is 6.32. The van der Waals surface area contributed by atoms with Crippen LogP contribution < -0.4 is 4.74 Å². The molecule has 0 unspecified atom stereocenters. The Hall–Kier alpha value is -2.57. The Balaban J connectivity index is 1.93. The first kappa shape index (κ1) is 13.4. The molecule has 0 saturated carbocycles. The Kier molecular flexibility index (Phi) is 3.04. The van der Waals surface area contributed by atoms with Crippen molar-refractivity contribution in [3.05, 3.63) is 42.5 Å². The molecule has 0 aliphatic carbocycles. The molecule has 3 rings (SSSR count). The van der Waals surface area contributed by atoms with Crippen molar-refractivity contribution in [3.63, 3.8) is 0 Å². The predicted molar refractivity (Wildman–Crippen MR) is 72.2 cm³/mol. The third-order valence-corrected chi connectivity index (χ3v) is 2.91. The first-order chi connectivity index (χ1) is 9.92. The zero-order valence-electron chi connectivity index (χ0n) is 11.4. The highest BCUT2D eigenvalue weighted by Crippen LogP contribution is 2.24. The number of aryl methyl sites for hydroxylation is 1. The average Bonchev–Trinajstić information content (AvgIpc) is 2.79. The van der Waals surface area contributed by atoms with Crippen molar-refractivity contribution < 1.29 is 13.5 Å². The van der Waals surface area contributed by atoms with Crippen LogP contribution in [-0.4, -0.2) is 25.7 Å². The van der Waals surface area contributed by atoms with Gasteiger partial charge in [-0.2, -0.15) is 8.78 Å². The molecule has 0 atom stereocenters. The van der Waals surface area contributed by atoms with Crippen molar-refractivity contribution >= 4 is 5.65 Å². The fourth-order valence-corrected chi connectivity index (χ4v) is 1.97. The summed E-state index contributed by atoms with van der Waals surface area (Å²) in [6.07, 6.45) is 0.215. The van der Waals surface area contributed by atoms with Gasteiger partial charge in [0, 0.05) is 18.7 Å². The molecule has 0 radical (unpaired) electrons. The SMILES string of the molecule is Cc1nnc2cnc(-c3ccc(OC(C)(F)F)cc3)cn12. The second-order valence-electron chi connectivity index (χ2n) is 4.68. The average molecular weight is 290 g/mol. The van der Waals surface area contributed by atoms with Crippen molar-refractivity contribution in [1.82, 2.24) is 19.6 Å². The number of aromatic nitrogens is 4. The number of hydrogen-bond acceptors (Lipinski definition) is 4. The lowest BCUT2D eigenvalue weighted by atomic mass is 10.1. The van der Waals surface area contributed by atoms with Crippen molar-refractivity contribution in [2.45, 2.75) is 20.0 Å². The van der Waals surface area contributed by atoms with Crippen LogP contribution in [0.4, 0.5) is 8.78 Å². The molecular weight excluding hydrogens is 278 g/mol. The minimum absolute atomic E-state index is 0.104. The van der Waals surface area contributed by atoms with Crippen LogP contribution in [0.25, 0.3) is 16.9 Å². The first-order valence-electron chi connectivity index (χ1n) is 6.27. The molecule has 7 heteroatoms. The van der Waals surface area contributed by atoms with Gasteiger partial charge in [-0.3, -0.25) is 9.38 Å². The van der Waals surface area contributed by atoms with Crippen LogP contribution in [0.3, 0.4) is 0 Å². The second-order valence-corrected chi connectivity index (χ2v) is 4.68. The smallest absolute Gasteiger partial charge is 0.394 e. The minimum atomic E-state index is -3.20. The molecule has 2 heterocycles. The zero-order chi connectivity index (χ0) is 15.0. The summed E-state index contributed by atoms with van der Waals surface area (Å²) in [7, 11) is 0. The fourth-order valence-electron chi connectivity index (χ4n) is 1.97. The van der Waals surface area contributed by atoms with Crippen LogP contribution in [0.1, 0.15) is 12.7 Å². The monoisotopic (exact) mass is 290 g/mol. The van der Waals surface area contributed by atoms with E-state index in [1.54, 1.807) is 24.5 Å². The van der Waals surface area contributed by atoms with Crippen molar-refractivity contribution in [2.75, 3.05) is 0 Å². The topological polar surface area (TPSA) is 52.3 Å². The Morgan fingerprint density at radius 1 is 1.14 bits per heavy atom. The fraction of sp³-hybridized carbons (Fsp3) is 0.214. The van der Waals surface area contributed by atoms with E-state index in [-0.39, 0.29) is 5.75 Å². The number of benzene rings is 1. The van der Waals surface area contributed by atoms with E-state index in [1.165, 1.54) is 12.1 Å². The lowest BCUT2D eigenvalue weighted by Crippen LogP contribution is -2.18. The van der Waals surface area contributed by atoms with E-state index in [2.05, 4.69) is 19.9 Å². The van der Waals surface area contributed by atoms with Crippen LogP contribution in [0.5, 0.6) is 5.75 Å². The summed E-state index contributed by atoms with van der Waals surface area (Å²) in [5, 5.41) is 7.91. The molecule has 0 N–H and O–H groups in total. The number of hydrogen-bond donors (Lipinski definition) is 0. The van der Waals surface area contributed by atoms with Crippen molar-refractivity contribution in [3.8, 4) is 17.0 Å². The summed E-state index contributed by atoms with van der Waals surface area (Å²) in [6.45, 7) is 2.54. The van der Waals surface area contributed by atoms with Crippen molar-refractivity contribution in [1.29, 1.82) is 0 Å². The molecule has 0 spiro atoms. The normalized spacial score (nSPS) is 11.8. The Labute approximate surface area is 119 Å². The zero-order valence-corrected chi connectivity index (χ0v) is 11.4. The second kappa shape index (κ2) is 4.76. The van der Waals surface area contributed by atoms with Crippen molar-refractivity contribution in [2.24, 2.45) is 0 Å². The number of nitrogens with zero attached hydrogens (tertiary/aromatic N) is 4. The number of alkyl halides is 2. The number of ether oxygens (including phenoxy) is 1. The summed E-state index contributed by atoms with van der Waals surface area (Å²) in [5.41, 5.74) is 2.14. The summed E-state index contributed by atoms with van der Waals surface area (Å²) in [5.74, 6) is 0.854. The summed E-state index contributed by atoms with van der Waals surface area (Å²) in [4.78, 5) is 4.28. The third-order valence-electron chi connectivity index (χ3n) is 2.91. The van der Waals surface area contributed by atoms with Gasteiger partial charge in [0.05, 0.1) is 11.9 Å². The molecule has 3 aromatic rings. The van der Waals surface area contributed by atoms with Gasteiger partial charge in [0.25, 0.3) is 0 Å². The number of fused-ring (bicyclic) bond motifs is 1. The number of halogens is 2. The third kappa shape index (κ3) is 2.81. The Morgan fingerprint density at radius 2 is 1.86 bits per heavy atom. The lowest BCUT2D eigenvalue weighted by Gasteiger charge is -2.13. The molecule has 1 aromatic carbocycles. The Bertz CT molecular complexity index is 778. The van der Waals surface area contributed by atoms with Crippen LogP contribution in [0, 0.1) is 6.92 Å². The highest BCUT2D eigenvalue weighted by molar-refractivity contribution is 5.60. The van der Waals surface area contributed by atoms with E-state index >= 15 is 0 Å². The maximum atomic E-state index is 12.8. The van der Waals surface area contributed by atoms with Crippen LogP contribution in [0.15, 0.2) is 36.7 Å². The molecule has 0 bridgehead atoms. The largest absolute Gasteiger partial charge is 0.433 e. The Morgan fingerprint density at radius 3 is 2.52 bits per heavy atom. The number of rotatable bonds is 3. The van der Waals surface area contributed by atoms with Gasteiger partial charge in [0.2, 0.25) is 0 Å². The first-order valence-corrected chi connectivity index (χ1v) is 6.27. The molecule has 5 nitrogen and oxygen atoms in total. The maximum absolute atomic E-state index is 12.8. The van der Waals surface area contributed by atoms with E-state index in [9.17, 15) is 8.78 Å². The van der Waals surface area contributed by atoms with E-state index < -0.39 is 6.11 Å². The van der Waals surface area contributed by atoms with Gasteiger partial charge in [-0.05, 0) is 31.2 Å². The standard InChI is InChI=1S/C14H12F2N4O/c1-9-18-19-13-7-17-12(8-20(9)13)10-3-5-11(6-4-10)21-14(2,15)16/h3-8H,1-2H3. The van der Waals surface area contributed by atoms with Gasteiger partial charge < -0.3 is 4.74 Å². The lowest BCUT2D eigenvalue weighted by molar-refractivity contribution is -0.158. The molecule has 0 aliphatic heterocycles. The molecule has 21 heavy (non-hydrogen) atoms. The summed E-state index contributed by atoms with van der Waals surface area (Å²) >= 11 is 0. The van der Waals surface area contributed by atoms with Gasteiger partial charge in [0.15, 0.2) is 5.65 Å². The molecule has 0 amide bonds. The maximum Gasteiger partial charge on any atom is 0.394 e.